The fourth-order valence-corrected chi connectivity index (χ4v) is 4.31. The van der Waals surface area contributed by atoms with Gasteiger partial charge in [-0.2, -0.15) is 0 Å². The molecule has 1 atom stereocenters. The van der Waals surface area contributed by atoms with Crippen LogP contribution in [-0.2, 0) is 14.3 Å². The molecule has 0 unspecified atom stereocenters. The van der Waals surface area contributed by atoms with Crippen LogP contribution in [0, 0.1) is 0 Å². The van der Waals surface area contributed by atoms with Crippen LogP contribution in [0.2, 0.25) is 0 Å². The molecule has 152 valence electrons. The van der Waals surface area contributed by atoms with E-state index in [1.165, 1.54) is 0 Å². The van der Waals surface area contributed by atoms with E-state index >= 15 is 0 Å². The molecule has 0 saturated carbocycles. The zero-order valence-electron chi connectivity index (χ0n) is 16.1. The van der Waals surface area contributed by atoms with E-state index in [-0.39, 0.29) is 24.4 Å². The minimum atomic E-state index is -0.320. The molecule has 2 aromatic carbocycles. The molecular weight excluding hydrogens is 434 g/mol. The zero-order chi connectivity index (χ0) is 20.2. The number of fused-ring (bicyclic) bond motifs is 1. The summed E-state index contributed by atoms with van der Waals surface area (Å²) < 4.78 is 6.30. The molecule has 1 saturated heterocycles. The number of hydrogen-bond donors (Lipinski definition) is 1. The van der Waals surface area contributed by atoms with Gasteiger partial charge in [0.25, 0.3) is 0 Å². The summed E-state index contributed by atoms with van der Waals surface area (Å²) >= 11 is 3.54. The summed E-state index contributed by atoms with van der Waals surface area (Å²) in [6.45, 7) is 3.79. The molecule has 0 aromatic heterocycles. The number of carbonyl (C=O) groups excluding carboxylic acids is 2. The van der Waals surface area contributed by atoms with Crippen molar-refractivity contribution in [2.24, 2.45) is 0 Å². The molecule has 1 N–H and O–H groups in total. The first-order valence-corrected chi connectivity index (χ1v) is 10.6. The van der Waals surface area contributed by atoms with Crippen molar-refractivity contribution in [3.63, 3.8) is 0 Å². The van der Waals surface area contributed by atoms with Crippen LogP contribution < -0.4 is 5.32 Å². The van der Waals surface area contributed by atoms with E-state index < -0.39 is 0 Å². The lowest BCUT2D eigenvalue weighted by molar-refractivity contribution is -0.136. The summed E-state index contributed by atoms with van der Waals surface area (Å²) in [5.41, 5.74) is 2.65. The Morgan fingerprint density at radius 1 is 1.14 bits per heavy atom. The van der Waals surface area contributed by atoms with Crippen LogP contribution in [0.4, 0.5) is 5.69 Å². The van der Waals surface area contributed by atoms with Crippen LogP contribution in [0.1, 0.15) is 23.6 Å². The molecule has 6 nitrogen and oxygen atoms in total. The van der Waals surface area contributed by atoms with Crippen LogP contribution in [0.25, 0.3) is 0 Å². The molecule has 2 heterocycles. The van der Waals surface area contributed by atoms with Gasteiger partial charge in [-0.15, -0.1) is 0 Å². The Morgan fingerprint density at radius 2 is 1.90 bits per heavy atom. The zero-order valence-corrected chi connectivity index (χ0v) is 17.7. The van der Waals surface area contributed by atoms with Crippen LogP contribution in [0.3, 0.4) is 0 Å². The van der Waals surface area contributed by atoms with Gasteiger partial charge >= 0.3 is 0 Å². The molecule has 0 bridgehead atoms. The predicted molar refractivity (Wildman–Crippen MR) is 115 cm³/mol. The number of ether oxygens (including phenoxy) is 1. The number of amides is 2. The maximum absolute atomic E-state index is 13.3. The van der Waals surface area contributed by atoms with Gasteiger partial charge in [0.1, 0.15) is 6.54 Å². The highest BCUT2D eigenvalue weighted by Crippen LogP contribution is 2.37. The highest BCUT2D eigenvalue weighted by atomic mass is 79.9. The third-order valence-corrected chi connectivity index (χ3v) is 5.88. The minimum Gasteiger partial charge on any atom is -0.379 e. The first-order valence-electron chi connectivity index (χ1n) is 9.85. The van der Waals surface area contributed by atoms with E-state index in [0.717, 1.165) is 34.4 Å². The second kappa shape index (κ2) is 9.07. The van der Waals surface area contributed by atoms with Gasteiger partial charge in [-0.05, 0) is 23.8 Å². The highest BCUT2D eigenvalue weighted by molar-refractivity contribution is 9.10. The lowest BCUT2D eigenvalue weighted by Crippen LogP contribution is -2.42. The van der Waals surface area contributed by atoms with Crippen LogP contribution >= 0.6 is 15.9 Å². The Labute approximate surface area is 178 Å². The summed E-state index contributed by atoms with van der Waals surface area (Å²) in [6, 6.07) is 15.3. The molecule has 2 aromatic rings. The maximum Gasteiger partial charge on any atom is 0.244 e. The number of anilines is 1. The van der Waals surface area contributed by atoms with Crippen molar-refractivity contribution in [3.8, 4) is 0 Å². The molecule has 7 heteroatoms. The average Bonchev–Trinajstić information content (AvgIpc) is 2.89. The number of morpholine rings is 1. The van der Waals surface area contributed by atoms with Gasteiger partial charge in [0, 0.05) is 41.8 Å². The fraction of sp³-hybridized carbons (Fsp3) is 0.364. The molecule has 2 aliphatic heterocycles. The van der Waals surface area contributed by atoms with Crippen molar-refractivity contribution in [3.05, 3.63) is 64.1 Å². The second-order valence-corrected chi connectivity index (χ2v) is 8.23. The van der Waals surface area contributed by atoms with Gasteiger partial charge < -0.3 is 15.0 Å². The number of hydrogen-bond acceptors (Lipinski definition) is 4. The quantitative estimate of drug-likeness (QED) is 0.766. The van der Waals surface area contributed by atoms with Gasteiger partial charge in [-0.3, -0.25) is 14.5 Å². The van der Waals surface area contributed by atoms with Crippen molar-refractivity contribution in [1.82, 2.24) is 9.80 Å². The number of benzene rings is 2. The van der Waals surface area contributed by atoms with Crippen LogP contribution in [-0.4, -0.2) is 61.0 Å². The molecule has 4 rings (SSSR count). The molecule has 0 spiro atoms. The third kappa shape index (κ3) is 4.69. The van der Waals surface area contributed by atoms with Gasteiger partial charge in [0.05, 0.1) is 19.3 Å². The van der Waals surface area contributed by atoms with Gasteiger partial charge in [0.15, 0.2) is 0 Å². The van der Waals surface area contributed by atoms with Crippen LogP contribution in [0.5, 0.6) is 0 Å². The average molecular weight is 458 g/mol. The van der Waals surface area contributed by atoms with Crippen molar-refractivity contribution in [2.45, 2.75) is 12.5 Å². The Balaban J connectivity index is 1.66. The van der Waals surface area contributed by atoms with Crippen molar-refractivity contribution in [1.29, 1.82) is 0 Å². The Morgan fingerprint density at radius 3 is 2.66 bits per heavy atom. The molecular formula is C22H24BrN3O3. The van der Waals surface area contributed by atoms with E-state index in [9.17, 15) is 9.59 Å². The maximum atomic E-state index is 13.3. The summed E-state index contributed by atoms with van der Waals surface area (Å²) in [5.74, 6) is -0.194. The molecule has 29 heavy (non-hydrogen) atoms. The molecule has 2 amide bonds. The smallest absolute Gasteiger partial charge is 0.244 e. The lowest BCUT2D eigenvalue weighted by Gasteiger charge is -2.32. The summed E-state index contributed by atoms with van der Waals surface area (Å²) in [7, 11) is 0. The number of halogens is 1. The normalized spacial score (nSPS) is 20.0. The molecule has 1 fully saturated rings. The first-order chi connectivity index (χ1) is 14.1. The number of rotatable bonds is 4. The number of carbonyl (C=O) groups is 2. The Bertz CT molecular complexity index is 884. The second-order valence-electron chi connectivity index (χ2n) is 7.32. The molecule has 0 radical (unpaired) electrons. The standard InChI is InChI=1S/C22H24BrN3O3/c23-17-6-7-19-18(14-17)22(16-4-2-1-3-5-16)26(15-20(27)24-19)21(28)8-9-25-10-12-29-13-11-25/h1-7,14,22H,8-13,15H2,(H,24,27)/t22-/m0/s1. The van der Waals surface area contributed by atoms with Gasteiger partial charge in [0.2, 0.25) is 11.8 Å². The molecule has 2 aliphatic rings. The Hall–Kier alpha value is -2.22. The monoisotopic (exact) mass is 457 g/mol. The van der Waals surface area contributed by atoms with E-state index in [1.54, 1.807) is 4.90 Å². The van der Waals surface area contributed by atoms with Gasteiger partial charge in [-0.1, -0.05) is 46.3 Å². The Kier molecular flexibility index (Phi) is 6.28. The fourth-order valence-electron chi connectivity index (χ4n) is 3.93. The number of nitrogens with one attached hydrogen (secondary N) is 1. The molecule has 0 aliphatic carbocycles. The van der Waals surface area contributed by atoms with E-state index in [1.807, 2.05) is 48.5 Å². The van der Waals surface area contributed by atoms with Crippen LogP contribution in [0.15, 0.2) is 53.0 Å². The predicted octanol–water partition coefficient (Wildman–Crippen LogP) is 3.04. The van der Waals surface area contributed by atoms with E-state index in [0.29, 0.717) is 26.2 Å². The largest absolute Gasteiger partial charge is 0.379 e. The summed E-state index contributed by atoms with van der Waals surface area (Å²) in [4.78, 5) is 29.8. The van der Waals surface area contributed by atoms with E-state index in [4.69, 9.17) is 4.74 Å². The van der Waals surface area contributed by atoms with Crippen molar-refractivity contribution in [2.75, 3.05) is 44.7 Å². The van der Waals surface area contributed by atoms with Crippen molar-refractivity contribution < 1.29 is 14.3 Å². The summed E-state index contributed by atoms with van der Waals surface area (Å²) in [5, 5.41) is 2.96. The third-order valence-electron chi connectivity index (χ3n) is 5.39. The van der Waals surface area contributed by atoms with E-state index in [2.05, 4.69) is 26.1 Å². The SMILES string of the molecule is O=C1CN(C(=O)CCN2CCOCC2)[C@@H](c2ccccc2)c2cc(Br)ccc2N1. The van der Waals surface area contributed by atoms with Crippen molar-refractivity contribution >= 4 is 33.4 Å². The highest BCUT2D eigenvalue weighted by Gasteiger charge is 2.33. The number of nitrogens with zero attached hydrogens (tertiary/aromatic N) is 2. The topological polar surface area (TPSA) is 61.9 Å². The minimum absolute atomic E-state index is 0.0201. The summed E-state index contributed by atoms with van der Waals surface area (Å²) in [6.07, 6.45) is 0.375. The van der Waals surface area contributed by atoms with Gasteiger partial charge in [-0.25, -0.2) is 0 Å². The lowest BCUT2D eigenvalue weighted by atomic mass is 9.95. The first kappa shape index (κ1) is 20.1.